The van der Waals surface area contributed by atoms with E-state index in [0.717, 1.165) is 5.56 Å². The zero-order valence-electron chi connectivity index (χ0n) is 8.16. The molecule has 0 aromatic heterocycles. The molecule has 0 saturated carbocycles. The summed E-state index contributed by atoms with van der Waals surface area (Å²) >= 11 is 0. The van der Waals surface area contributed by atoms with Crippen molar-refractivity contribution in [2.45, 2.75) is 13.5 Å². The number of ether oxygens (including phenoxy) is 1. The van der Waals surface area contributed by atoms with Gasteiger partial charge in [-0.2, -0.15) is 0 Å². The lowest BCUT2D eigenvalue weighted by Crippen LogP contribution is -1.92. The Hall–Kier alpha value is -1.57. The fourth-order valence-corrected chi connectivity index (χ4v) is 0.975. The van der Waals surface area contributed by atoms with Gasteiger partial charge in [-0.1, -0.05) is 36.9 Å². The first-order valence-electron chi connectivity index (χ1n) is 4.42. The summed E-state index contributed by atoms with van der Waals surface area (Å²) in [7, 11) is 0. The second kappa shape index (κ2) is 5.22. The predicted molar refractivity (Wildman–Crippen MR) is 55.2 cm³/mol. The van der Waals surface area contributed by atoms with Crippen LogP contribution in [0.3, 0.4) is 0 Å². The first-order chi connectivity index (χ1) is 6.74. The molecule has 0 saturated heterocycles. The van der Waals surface area contributed by atoms with Crippen LogP contribution < -0.4 is 0 Å². The molecule has 0 aliphatic heterocycles. The van der Waals surface area contributed by atoms with Gasteiger partial charge in [-0.3, -0.25) is 0 Å². The normalized spacial score (nSPS) is 11.1. The number of hydrogen-bond donors (Lipinski definition) is 0. The molecule has 0 heterocycles. The summed E-state index contributed by atoms with van der Waals surface area (Å²) < 4.78 is 18.0. The van der Waals surface area contributed by atoms with Crippen molar-refractivity contribution in [1.29, 1.82) is 0 Å². The molecule has 14 heavy (non-hydrogen) atoms. The van der Waals surface area contributed by atoms with Crippen molar-refractivity contribution in [1.82, 2.24) is 0 Å². The SMILES string of the molecule is C=C(OCc1ccccc1)/C(F)=C\C. The topological polar surface area (TPSA) is 9.23 Å². The van der Waals surface area contributed by atoms with Gasteiger partial charge in [-0.15, -0.1) is 0 Å². The van der Waals surface area contributed by atoms with Crippen LogP contribution in [0.25, 0.3) is 0 Å². The third-order valence-corrected chi connectivity index (χ3v) is 1.78. The molecule has 2 heteroatoms. The van der Waals surface area contributed by atoms with E-state index in [0.29, 0.717) is 6.61 Å². The highest BCUT2D eigenvalue weighted by Gasteiger charge is 2.00. The summed E-state index contributed by atoms with van der Waals surface area (Å²) in [6.07, 6.45) is 1.33. The highest BCUT2D eigenvalue weighted by atomic mass is 19.1. The Morgan fingerprint density at radius 2 is 2.07 bits per heavy atom. The number of halogens is 1. The van der Waals surface area contributed by atoms with Gasteiger partial charge in [-0.25, -0.2) is 4.39 Å². The molecule has 0 spiro atoms. The molecule has 0 amide bonds. The van der Waals surface area contributed by atoms with E-state index in [1.807, 2.05) is 30.3 Å². The Morgan fingerprint density at radius 3 is 2.64 bits per heavy atom. The van der Waals surface area contributed by atoms with E-state index in [9.17, 15) is 4.39 Å². The lowest BCUT2D eigenvalue weighted by molar-refractivity contribution is 0.197. The van der Waals surface area contributed by atoms with E-state index in [4.69, 9.17) is 4.74 Å². The highest BCUT2D eigenvalue weighted by Crippen LogP contribution is 2.12. The first kappa shape index (κ1) is 10.5. The molecule has 0 atom stereocenters. The summed E-state index contributed by atoms with van der Waals surface area (Å²) in [5.41, 5.74) is 0.998. The summed E-state index contributed by atoms with van der Waals surface area (Å²) in [6, 6.07) is 9.58. The maximum absolute atomic E-state index is 12.9. The lowest BCUT2D eigenvalue weighted by atomic mass is 10.2. The van der Waals surface area contributed by atoms with Crippen molar-refractivity contribution >= 4 is 0 Å². The standard InChI is InChI=1S/C12H13FO/c1-3-12(13)10(2)14-9-11-7-5-4-6-8-11/h3-8H,2,9H2,1H3/b12-3+. The zero-order chi connectivity index (χ0) is 10.4. The molecule has 1 aromatic carbocycles. The van der Waals surface area contributed by atoms with Crippen LogP contribution >= 0.6 is 0 Å². The van der Waals surface area contributed by atoms with Crippen molar-refractivity contribution in [2.24, 2.45) is 0 Å². The number of allylic oxidation sites excluding steroid dienone is 2. The van der Waals surface area contributed by atoms with E-state index >= 15 is 0 Å². The van der Waals surface area contributed by atoms with Crippen molar-refractivity contribution in [3.05, 3.63) is 60.1 Å². The smallest absolute Gasteiger partial charge is 0.160 e. The Bertz CT molecular complexity index is 327. The second-order valence-corrected chi connectivity index (χ2v) is 2.83. The van der Waals surface area contributed by atoms with Gasteiger partial charge in [0.2, 0.25) is 0 Å². The molecular formula is C12H13FO. The predicted octanol–water partition coefficient (Wildman–Crippen LogP) is 3.59. The average molecular weight is 192 g/mol. The van der Waals surface area contributed by atoms with E-state index in [1.165, 1.54) is 6.08 Å². The van der Waals surface area contributed by atoms with Crippen molar-refractivity contribution in [2.75, 3.05) is 0 Å². The van der Waals surface area contributed by atoms with Crippen molar-refractivity contribution < 1.29 is 9.13 Å². The third kappa shape index (κ3) is 3.05. The fourth-order valence-electron chi connectivity index (χ4n) is 0.975. The molecule has 0 fully saturated rings. The minimum atomic E-state index is -0.416. The maximum atomic E-state index is 12.9. The van der Waals surface area contributed by atoms with E-state index in [2.05, 4.69) is 6.58 Å². The molecule has 1 aromatic rings. The van der Waals surface area contributed by atoms with Crippen LogP contribution in [-0.2, 0) is 11.3 Å². The Balaban J connectivity index is 2.46. The van der Waals surface area contributed by atoms with Gasteiger partial charge >= 0.3 is 0 Å². The van der Waals surface area contributed by atoms with Crippen LogP contribution in [0.5, 0.6) is 0 Å². The van der Waals surface area contributed by atoms with E-state index in [1.54, 1.807) is 6.92 Å². The van der Waals surface area contributed by atoms with E-state index in [-0.39, 0.29) is 5.76 Å². The summed E-state index contributed by atoms with van der Waals surface area (Å²) in [5.74, 6) is -0.336. The van der Waals surface area contributed by atoms with Crippen LogP contribution in [0.2, 0.25) is 0 Å². The molecule has 1 nitrogen and oxygen atoms in total. The number of benzene rings is 1. The summed E-state index contributed by atoms with van der Waals surface area (Å²) in [6.45, 7) is 5.43. The van der Waals surface area contributed by atoms with Gasteiger partial charge in [0.25, 0.3) is 0 Å². The van der Waals surface area contributed by atoms with Gasteiger partial charge in [0.1, 0.15) is 12.4 Å². The average Bonchev–Trinajstić information content (AvgIpc) is 2.26. The first-order valence-corrected chi connectivity index (χ1v) is 4.42. The quantitative estimate of drug-likeness (QED) is 0.523. The fraction of sp³-hybridized carbons (Fsp3) is 0.167. The Kier molecular flexibility index (Phi) is 3.92. The number of hydrogen-bond acceptors (Lipinski definition) is 1. The van der Waals surface area contributed by atoms with Gasteiger partial charge < -0.3 is 4.74 Å². The van der Waals surface area contributed by atoms with Gasteiger partial charge in [0.15, 0.2) is 5.83 Å². The van der Waals surface area contributed by atoms with E-state index < -0.39 is 5.83 Å². The van der Waals surface area contributed by atoms with Gasteiger partial charge in [-0.05, 0) is 18.6 Å². The van der Waals surface area contributed by atoms with Gasteiger partial charge in [0.05, 0.1) is 0 Å². The zero-order valence-corrected chi connectivity index (χ0v) is 8.16. The summed E-state index contributed by atoms with van der Waals surface area (Å²) in [4.78, 5) is 0. The minimum absolute atomic E-state index is 0.0800. The second-order valence-electron chi connectivity index (χ2n) is 2.83. The van der Waals surface area contributed by atoms with Crippen LogP contribution in [0.15, 0.2) is 54.6 Å². The monoisotopic (exact) mass is 192 g/mol. The van der Waals surface area contributed by atoms with Crippen molar-refractivity contribution in [3.8, 4) is 0 Å². The van der Waals surface area contributed by atoms with Crippen LogP contribution in [-0.4, -0.2) is 0 Å². The lowest BCUT2D eigenvalue weighted by Gasteiger charge is -2.06. The molecule has 1 rings (SSSR count). The van der Waals surface area contributed by atoms with Crippen LogP contribution in [0, 0.1) is 0 Å². The Labute approximate surface area is 83.5 Å². The molecule has 0 radical (unpaired) electrons. The molecule has 0 unspecified atom stereocenters. The molecule has 0 aliphatic carbocycles. The van der Waals surface area contributed by atoms with Crippen LogP contribution in [0.4, 0.5) is 4.39 Å². The molecule has 0 bridgehead atoms. The molecular weight excluding hydrogens is 179 g/mol. The molecule has 0 N–H and O–H groups in total. The largest absolute Gasteiger partial charge is 0.486 e. The third-order valence-electron chi connectivity index (χ3n) is 1.78. The molecule has 74 valence electrons. The maximum Gasteiger partial charge on any atom is 0.160 e. The van der Waals surface area contributed by atoms with Gasteiger partial charge in [0, 0.05) is 0 Å². The Morgan fingerprint density at radius 1 is 1.43 bits per heavy atom. The number of rotatable bonds is 4. The summed E-state index contributed by atoms with van der Waals surface area (Å²) in [5, 5.41) is 0. The minimum Gasteiger partial charge on any atom is -0.486 e. The van der Waals surface area contributed by atoms with Crippen molar-refractivity contribution in [3.63, 3.8) is 0 Å². The molecule has 0 aliphatic rings. The highest BCUT2D eigenvalue weighted by molar-refractivity contribution is 5.17. The van der Waals surface area contributed by atoms with Crippen LogP contribution in [0.1, 0.15) is 12.5 Å².